The molecule has 0 saturated carbocycles. The summed E-state index contributed by atoms with van der Waals surface area (Å²) in [6.45, 7) is 3.85. The fraction of sp³-hybridized carbons (Fsp3) is 0.385. The maximum atomic E-state index is 11.2. The topological polar surface area (TPSA) is 49.7 Å². The standard InChI is InChI=1S/C13H15NO2S2/c1-8(2)12(13(15)16)18-11-7-17-10-6-4-3-5-9(10)14-11/h3-6,8,12H,7H2,1-2H3,(H,15,16). The lowest BCUT2D eigenvalue weighted by Crippen LogP contribution is -2.25. The highest BCUT2D eigenvalue weighted by atomic mass is 32.2. The van der Waals surface area contributed by atoms with E-state index in [0.29, 0.717) is 0 Å². The average molecular weight is 281 g/mol. The summed E-state index contributed by atoms with van der Waals surface area (Å²) in [4.78, 5) is 16.9. The summed E-state index contributed by atoms with van der Waals surface area (Å²) < 4.78 is 0. The van der Waals surface area contributed by atoms with E-state index in [-0.39, 0.29) is 5.92 Å². The van der Waals surface area contributed by atoms with Crippen LogP contribution < -0.4 is 0 Å². The number of aliphatic imine (C=N–C) groups is 1. The lowest BCUT2D eigenvalue weighted by molar-refractivity contribution is -0.137. The van der Waals surface area contributed by atoms with E-state index in [9.17, 15) is 9.90 Å². The first-order valence-corrected chi connectivity index (χ1v) is 7.63. The van der Waals surface area contributed by atoms with Crippen LogP contribution >= 0.6 is 23.5 Å². The van der Waals surface area contributed by atoms with Gasteiger partial charge < -0.3 is 5.11 Å². The Kier molecular flexibility index (Phi) is 4.35. The van der Waals surface area contributed by atoms with E-state index in [1.165, 1.54) is 16.7 Å². The van der Waals surface area contributed by atoms with Gasteiger partial charge in [0, 0.05) is 10.6 Å². The number of aliphatic carboxylic acids is 1. The van der Waals surface area contributed by atoms with Crippen molar-refractivity contribution >= 4 is 40.2 Å². The van der Waals surface area contributed by atoms with Crippen LogP contribution in [0.5, 0.6) is 0 Å². The second kappa shape index (κ2) is 5.80. The predicted molar refractivity (Wildman–Crippen MR) is 78.1 cm³/mol. The van der Waals surface area contributed by atoms with Gasteiger partial charge in [-0.3, -0.25) is 4.79 Å². The van der Waals surface area contributed by atoms with E-state index >= 15 is 0 Å². The van der Waals surface area contributed by atoms with Crippen molar-refractivity contribution in [3.63, 3.8) is 0 Å². The number of hydrogen-bond donors (Lipinski definition) is 1. The van der Waals surface area contributed by atoms with Crippen molar-refractivity contribution < 1.29 is 9.90 Å². The van der Waals surface area contributed by atoms with Crippen molar-refractivity contribution in [1.82, 2.24) is 0 Å². The minimum absolute atomic E-state index is 0.0948. The van der Waals surface area contributed by atoms with Crippen LogP contribution in [0.3, 0.4) is 0 Å². The largest absolute Gasteiger partial charge is 0.480 e. The molecule has 0 fully saturated rings. The Hall–Kier alpha value is -0.940. The van der Waals surface area contributed by atoms with Crippen molar-refractivity contribution in [3.05, 3.63) is 24.3 Å². The van der Waals surface area contributed by atoms with Crippen molar-refractivity contribution in [2.45, 2.75) is 24.0 Å². The van der Waals surface area contributed by atoms with Crippen molar-refractivity contribution in [1.29, 1.82) is 0 Å². The Bertz CT molecular complexity index is 486. The molecule has 1 unspecified atom stereocenters. The minimum Gasteiger partial charge on any atom is -0.480 e. The van der Waals surface area contributed by atoms with Gasteiger partial charge in [-0.25, -0.2) is 4.99 Å². The molecule has 0 bridgehead atoms. The molecular weight excluding hydrogens is 266 g/mol. The molecule has 0 saturated heterocycles. The highest BCUT2D eigenvalue weighted by Crippen LogP contribution is 2.37. The van der Waals surface area contributed by atoms with Crippen LogP contribution in [0.25, 0.3) is 0 Å². The zero-order chi connectivity index (χ0) is 13.1. The van der Waals surface area contributed by atoms with Gasteiger partial charge in [0.25, 0.3) is 0 Å². The quantitative estimate of drug-likeness (QED) is 0.918. The Labute approximate surface area is 115 Å². The molecule has 0 amide bonds. The first kappa shape index (κ1) is 13.5. The highest BCUT2D eigenvalue weighted by molar-refractivity contribution is 8.17. The maximum absolute atomic E-state index is 11.2. The number of thioether (sulfide) groups is 2. The van der Waals surface area contributed by atoms with E-state index in [1.807, 2.05) is 38.1 Å². The SMILES string of the molecule is CC(C)C(SC1=Nc2ccccc2SC1)C(=O)O. The molecule has 5 heteroatoms. The molecule has 2 rings (SSSR count). The zero-order valence-corrected chi connectivity index (χ0v) is 11.9. The van der Waals surface area contributed by atoms with Gasteiger partial charge in [-0.1, -0.05) is 37.7 Å². The van der Waals surface area contributed by atoms with E-state index in [0.717, 1.165) is 16.5 Å². The molecule has 0 radical (unpaired) electrons. The third kappa shape index (κ3) is 3.09. The zero-order valence-electron chi connectivity index (χ0n) is 10.3. The van der Waals surface area contributed by atoms with Gasteiger partial charge >= 0.3 is 5.97 Å². The maximum Gasteiger partial charge on any atom is 0.317 e. The second-order valence-corrected chi connectivity index (χ2v) is 6.61. The van der Waals surface area contributed by atoms with E-state index in [2.05, 4.69) is 4.99 Å². The summed E-state index contributed by atoms with van der Waals surface area (Å²) in [5, 5.41) is 9.67. The van der Waals surface area contributed by atoms with Gasteiger partial charge in [-0.15, -0.1) is 11.8 Å². The molecule has 0 aromatic heterocycles. The molecular formula is C13H15NO2S2. The van der Waals surface area contributed by atoms with Gasteiger partial charge in [0.05, 0.1) is 10.7 Å². The fourth-order valence-corrected chi connectivity index (χ4v) is 3.70. The summed E-state index contributed by atoms with van der Waals surface area (Å²) in [6, 6.07) is 7.95. The van der Waals surface area contributed by atoms with Gasteiger partial charge in [0.2, 0.25) is 0 Å². The van der Waals surface area contributed by atoms with Gasteiger partial charge in [0.15, 0.2) is 0 Å². The Morgan fingerprint density at radius 1 is 1.44 bits per heavy atom. The molecule has 1 aromatic rings. The van der Waals surface area contributed by atoms with Crippen LogP contribution in [-0.2, 0) is 4.79 Å². The first-order valence-electron chi connectivity index (χ1n) is 5.77. The molecule has 1 aliphatic rings. The second-order valence-electron chi connectivity index (χ2n) is 4.38. The predicted octanol–water partition coefficient (Wildman–Crippen LogP) is 3.66. The lowest BCUT2D eigenvalue weighted by atomic mass is 10.1. The number of benzene rings is 1. The molecule has 3 nitrogen and oxygen atoms in total. The molecule has 0 spiro atoms. The molecule has 96 valence electrons. The van der Waals surface area contributed by atoms with Gasteiger partial charge in [-0.2, -0.15) is 0 Å². The summed E-state index contributed by atoms with van der Waals surface area (Å²) in [5.74, 6) is 0.0944. The smallest absolute Gasteiger partial charge is 0.317 e. The Balaban J connectivity index is 2.16. The Morgan fingerprint density at radius 2 is 2.17 bits per heavy atom. The Morgan fingerprint density at radius 3 is 2.83 bits per heavy atom. The van der Waals surface area contributed by atoms with Crippen LogP contribution in [0.15, 0.2) is 34.2 Å². The minimum atomic E-state index is -0.762. The van der Waals surface area contributed by atoms with Gasteiger partial charge in [-0.05, 0) is 18.1 Å². The number of rotatable bonds is 3. The monoisotopic (exact) mass is 281 g/mol. The lowest BCUT2D eigenvalue weighted by Gasteiger charge is -2.19. The molecule has 1 N–H and O–H groups in total. The number of carboxylic acid groups (broad SMARTS) is 1. The van der Waals surface area contributed by atoms with Crippen molar-refractivity contribution in [2.75, 3.05) is 5.75 Å². The van der Waals surface area contributed by atoms with Crippen LogP contribution in [0.1, 0.15) is 13.8 Å². The van der Waals surface area contributed by atoms with E-state index in [4.69, 9.17) is 0 Å². The molecule has 18 heavy (non-hydrogen) atoms. The molecule has 1 aliphatic heterocycles. The third-order valence-corrected chi connectivity index (χ3v) is 5.34. The van der Waals surface area contributed by atoms with Gasteiger partial charge in [0.1, 0.15) is 5.25 Å². The van der Waals surface area contributed by atoms with E-state index < -0.39 is 11.2 Å². The summed E-state index contributed by atoms with van der Waals surface area (Å²) >= 11 is 3.09. The third-order valence-electron chi connectivity index (χ3n) is 2.57. The average Bonchev–Trinajstić information content (AvgIpc) is 2.35. The fourth-order valence-electron chi connectivity index (χ4n) is 1.66. The number of carbonyl (C=O) groups is 1. The van der Waals surface area contributed by atoms with Crippen LogP contribution in [-0.4, -0.2) is 27.1 Å². The van der Waals surface area contributed by atoms with Crippen molar-refractivity contribution in [3.8, 4) is 0 Å². The summed E-state index contributed by atoms with van der Waals surface area (Å²) in [6.07, 6.45) is 0. The first-order chi connectivity index (χ1) is 8.58. The number of nitrogens with zero attached hydrogens (tertiary/aromatic N) is 1. The number of hydrogen-bond acceptors (Lipinski definition) is 4. The number of para-hydroxylation sites is 1. The molecule has 1 aromatic carbocycles. The number of fused-ring (bicyclic) bond motifs is 1. The van der Waals surface area contributed by atoms with Crippen molar-refractivity contribution in [2.24, 2.45) is 10.9 Å². The van der Waals surface area contributed by atoms with Crippen LogP contribution in [0.4, 0.5) is 5.69 Å². The molecule has 1 heterocycles. The molecule has 1 atom stereocenters. The normalized spacial score (nSPS) is 16.1. The number of carboxylic acids is 1. The summed E-state index contributed by atoms with van der Waals surface area (Å²) in [7, 11) is 0. The molecule has 0 aliphatic carbocycles. The van der Waals surface area contributed by atoms with Crippen LogP contribution in [0, 0.1) is 5.92 Å². The highest BCUT2D eigenvalue weighted by Gasteiger charge is 2.25. The summed E-state index contributed by atoms with van der Waals surface area (Å²) in [5.41, 5.74) is 0.948. The van der Waals surface area contributed by atoms with E-state index in [1.54, 1.807) is 11.8 Å². The van der Waals surface area contributed by atoms with Crippen LogP contribution in [0.2, 0.25) is 0 Å².